The average Bonchev–Trinajstić information content (AvgIpc) is 2.49. The van der Waals surface area contributed by atoms with Crippen LogP contribution >= 0.6 is 0 Å². The summed E-state index contributed by atoms with van der Waals surface area (Å²) in [5, 5.41) is 0. The first-order valence-electron chi connectivity index (χ1n) is 7.21. The third-order valence-electron chi connectivity index (χ3n) is 4.14. The monoisotopic (exact) mass is 297 g/mol. The minimum Gasteiger partial charge on any atom is -0.398 e. The summed E-state index contributed by atoms with van der Waals surface area (Å²) in [6.07, 6.45) is 1.06. The van der Waals surface area contributed by atoms with Crippen molar-refractivity contribution in [1.29, 1.82) is 0 Å². The number of benzene rings is 1. The predicted molar refractivity (Wildman–Crippen MR) is 78.0 cm³/mol. The minimum atomic E-state index is -1.05. The van der Waals surface area contributed by atoms with Crippen molar-refractivity contribution in [1.82, 2.24) is 9.80 Å². The number of amides is 1. The van der Waals surface area contributed by atoms with Crippen LogP contribution in [0.3, 0.4) is 0 Å². The molecule has 2 N–H and O–H groups in total. The summed E-state index contributed by atoms with van der Waals surface area (Å²) in [4.78, 5) is 16.3. The summed E-state index contributed by atoms with van der Waals surface area (Å²) in [7, 11) is 0. The van der Waals surface area contributed by atoms with Gasteiger partial charge in [0.05, 0.1) is 5.56 Å². The van der Waals surface area contributed by atoms with Crippen LogP contribution in [-0.2, 0) is 0 Å². The molecule has 0 saturated carbocycles. The van der Waals surface area contributed by atoms with Crippen LogP contribution in [0.25, 0.3) is 0 Å². The summed E-state index contributed by atoms with van der Waals surface area (Å²) in [6.45, 7) is 6.99. The van der Waals surface area contributed by atoms with Gasteiger partial charge in [-0.25, -0.2) is 8.78 Å². The van der Waals surface area contributed by atoms with Gasteiger partial charge < -0.3 is 10.6 Å². The number of nitrogens with zero attached hydrogens (tertiary/aromatic N) is 2. The van der Waals surface area contributed by atoms with Crippen LogP contribution in [-0.4, -0.2) is 47.9 Å². The number of anilines is 1. The fourth-order valence-electron chi connectivity index (χ4n) is 2.54. The molecule has 116 valence electrons. The van der Waals surface area contributed by atoms with Gasteiger partial charge in [0, 0.05) is 44.0 Å². The smallest absolute Gasteiger partial charge is 0.256 e. The van der Waals surface area contributed by atoms with E-state index in [9.17, 15) is 13.6 Å². The topological polar surface area (TPSA) is 49.6 Å². The Labute approximate surface area is 123 Å². The Bertz CT molecular complexity index is 528. The molecule has 4 nitrogen and oxygen atoms in total. The van der Waals surface area contributed by atoms with Gasteiger partial charge in [0.15, 0.2) is 11.6 Å². The first kappa shape index (κ1) is 15.7. The minimum absolute atomic E-state index is 0.0248. The van der Waals surface area contributed by atoms with Crippen molar-refractivity contribution in [3.8, 4) is 0 Å². The van der Waals surface area contributed by atoms with Gasteiger partial charge in [-0.2, -0.15) is 0 Å². The molecule has 1 unspecified atom stereocenters. The highest BCUT2D eigenvalue weighted by atomic mass is 19.2. The number of hydrogen-bond donors (Lipinski definition) is 1. The number of nitrogens with two attached hydrogens (primary N) is 1. The molecule has 21 heavy (non-hydrogen) atoms. The molecular weight excluding hydrogens is 276 g/mol. The van der Waals surface area contributed by atoms with Crippen LogP contribution < -0.4 is 5.73 Å². The molecule has 1 atom stereocenters. The fourth-order valence-corrected chi connectivity index (χ4v) is 2.54. The molecule has 1 heterocycles. The highest BCUT2D eigenvalue weighted by Gasteiger charge is 2.25. The van der Waals surface area contributed by atoms with Gasteiger partial charge in [0.2, 0.25) is 0 Å². The molecule has 0 spiro atoms. The lowest BCUT2D eigenvalue weighted by Crippen LogP contribution is -2.51. The van der Waals surface area contributed by atoms with Crippen LogP contribution in [0.5, 0.6) is 0 Å². The van der Waals surface area contributed by atoms with E-state index >= 15 is 0 Å². The van der Waals surface area contributed by atoms with Crippen molar-refractivity contribution in [3.05, 3.63) is 29.3 Å². The van der Waals surface area contributed by atoms with Crippen LogP contribution in [0.1, 0.15) is 30.6 Å². The van der Waals surface area contributed by atoms with E-state index in [1.54, 1.807) is 4.90 Å². The standard InChI is InChI=1S/C15H21F2N3O/c1-3-10(2)19-4-6-20(7-5-19)15(21)11-8-12(16)13(17)9-14(11)18/h8-10H,3-7,18H2,1-2H3. The molecule has 0 aromatic heterocycles. The molecular formula is C15H21F2N3O. The Balaban J connectivity index is 2.07. The third kappa shape index (κ3) is 3.32. The molecule has 1 aliphatic heterocycles. The molecule has 1 saturated heterocycles. The number of carbonyl (C=O) groups is 1. The van der Waals surface area contributed by atoms with Gasteiger partial charge in [0.25, 0.3) is 5.91 Å². The maximum atomic E-state index is 13.3. The SMILES string of the molecule is CCC(C)N1CCN(C(=O)c2cc(F)c(F)cc2N)CC1. The van der Waals surface area contributed by atoms with E-state index in [0.717, 1.165) is 31.6 Å². The lowest BCUT2D eigenvalue weighted by Gasteiger charge is -2.38. The largest absolute Gasteiger partial charge is 0.398 e. The summed E-state index contributed by atoms with van der Waals surface area (Å²) in [5.41, 5.74) is 5.64. The lowest BCUT2D eigenvalue weighted by atomic mass is 10.1. The van der Waals surface area contributed by atoms with E-state index in [1.165, 1.54) is 0 Å². The molecule has 1 aromatic rings. The van der Waals surface area contributed by atoms with Crippen molar-refractivity contribution < 1.29 is 13.6 Å². The van der Waals surface area contributed by atoms with Gasteiger partial charge in [-0.05, 0) is 19.4 Å². The Morgan fingerprint density at radius 2 is 1.81 bits per heavy atom. The van der Waals surface area contributed by atoms with Crippen molar-refractivity contribution in [2.24, 2.45) is 0 Å². The molecule has 6 heteroatoms. The molecule has 2 rings (SSSR count). The first-order chi connectivity index (χ1) is 9.93. The second-order valence-electron chi connectivity index (χ2n) is 5.44. The molecule has 0 bridgehead atoms. The van der Waals surface area contributed by atoms with E-state index in [-0.39, 0.29) is 17.2 Å². The summed E-state index contributed by atoms with van der Waals surface area (Å²) < 4.78 is 26.3. The van der Waals surface area contributed by atoms with Gasteiger partial charge in [-0.3, -0.25) is 9.69 Å². The second-order valence-corrected chi connectivity index (χ2v) is 5.44. The van der Waals surface area contributed by atoms with E-state index in [1.807, 2.05) is 0 Å². The van der Waals surface area contributed by atoms with E-state index in [2.05, 4.69) is 18.7 Å². The highest BCUT2D eigenvalue weighted by molar-refractivity contribution is 5.99. The molecule has 1 fully saturated rings. The zero-order valence-electron chi connectivity index (χ0n) is 12.4. The Hall–Kier alpha value is -1.69. The normalized spacial score (nSPS) is 17.8. The number of piperazine rings is 1. The number of halogens is 2. The Morgan fingerprint density at radius 1 is 1.24 bits per heavy atom. The number of hydrogen-bond acceptors (Lipinski definition) is 3. The van der Waals surface area contributed by atoms with Gasteiger partial charge in [-0.15, -0.1) is 0 Å². The van der Waals surface area contributed by atoms with Gasteiger partial charge in [-0.1, -0.05) is 6.92 Å². The predicted octanol–water partition coefficient (Wildman–Crippen LogP) is 2.10. The third-order valence-corrected chi connectivity index (χ3v) is 4.14. The van der Waals surface area contributed by atoms with Crippen LogP contribution in [0, 0.1) is 11.6 Å². The van der Waals surface area contributed by atoms with Crippen molar-refractivity contribution in [2.75, 3.05) is 31.9 Å². The number of nitrogen functional groups attached to an aromatic ring is 1. The Kier molecular flexibility index (Phi) is 4.77. The quantitative estimate of drug-likeness (QED) is 0.869. The van der Waals surface area contributed by atoms with E-state index in [4.69, 9.17) is 5.73 Å². The second kappa shape index (κ2) is 6.39. The highest BCUT2D eigenvalue weighted by Crippen LogP contribution is 2.20. The van der Waals surface area contributed by atoms with Crippen molar-refractivity contribution in [2.45, 2.75) is 26.3 Å². The van der Waals surface area contributed by atoms with Gasteiger partial charge >= 0.3 is 0 Å². The maximum absolute atomic E-state index is 13.3. The van der Waals surface area contributed by atoms with Crippen molar-refractivity contribution in [3.63, 3.8) is 0 Å². The fraction of sp³-hybridized carbons (Fsp3) is 0.533. The Morgan fingerprint density at radius 3 is 2.38 bits per heavy atom. The maximum Gasteiger partial charge on any atom is 0.256 e. The summed E-state index contributed by atoms with van der Waals surface area (Å²) in [5.74, 6) is -2.42. The first-order valence-corrected chi connectivity index (χ1v) is 7.21. The lowest BCUT2D eigenvalue weighted by molar-refractivity contribution is 0.0580. The summed E-state index contributed by atoms with van der Waals surface area (Å²) in [6, 6.07) is 2.22. The van der Waals surface area contributed by atoms with Crippen LogP contribution in [0.2, 0.25) is 0 Å². The molecule has 1 aliphatic rings. The number of carbonyl (C=O) groups excluding carboxylic acids is 1. The van der Waals surface area contributed by atoms with Crippen molar-refractivity contribution >= 4 is 11.6 Å². The van der Waals surface area contributed by atoms with Gasteiger partial charge in [0.1, 0.15) is 0 Å². The zero-order valence-corrected chi connectivity index (χ0v) is 12.4. The molecule has 0 aliphatic carbocycles. The zero-order chi connectivity index (χ0) is 15.6. The van der Waals surface area contributed by atoms with Crippen LogP contribution in [0.4, 0.5) is 14.5 Å². The van der Waals surface area contributed by atoms with Crippen LogP contribution in [0.15, 0.2) is 12.1 Å². The van der Waals surface area contributed by atoms with E-state index < -0.39 is 11.6 Å². The summed E-state index contributed by atoms with van der Waals surface area (Å²) >= 11 is 0. The molecule has 0 radical (unpaired) electrons. The number of rotatable bonds is 3. The molecule has 1 aromatic carbocycles. The molecule has 1 amide bonds. The average molecular weight is 297 g/mol. The van der Waals surface area contributed by atoms with E-state index in [0.29, 0.717) is 19.1 Å².